The minimum absolute atomic E-state index is 0.0498. The Morgan fingerprint density at radius 1 is 1.33 bits per heavy atom. The van der Waals surface area contributed by atoms with E-state index >= 15 is 0 Å². The van der Waals surface area contributed by atoms with E-state index in [4.69, 9.17) is 16.0 Å². The molecule has 1 aromatic carbocycles. The Labute approximate surface area is 149 Å². The zero-order valence-electron chi connectivity index (χ0n) is 13.2. The van der Waals surface area contributed by atoms with Crippen molar-refractivity contribution >= 4 is 28.8 Å². The number of likely N-dealkylation sites (N-methyl/N-ethyl adjacent to an activating group) is 1. The van der Waals surface area contributed by atoms with Crippen LogP contribution in [0.5, 0.6) is 0 Å². The summed E-state index contributed by atoms with van der Waals surface area (Å²) < 4.78 is 5.34. The minimum atomic E-state index is 0.0498. The molecule has 0 fully saturated rings. The van der Waals surface area contributed by atoms with Gasteiger partial charge in [0.1, 0.15) is 0 Å². The van der Waals surface area contributed by atoms with Crippen molar-refractivity contribution < 1.29 is 9.21 Å². The highest BCUT2D eigenvalue weighted by atomic mass is 35.5. The van der Waals surface area contributed by atoms with Crippen molar-refractivity contribution in [2.45, 2.75) is 19.9 Å². The Hall–Kier alpha value is -2.11. The number of rotatable bonds is 6. The first-order chi connectivity index (χ1) is 11.7. The van der Waals surface area contributed by atoms with E-state index in [2.05, 4.69) is 4.98 Å². The van der Waals surface area contributed by atoms with Gasteiger partial charge in [0.2, 0.25) is 5.91 Å². The Balaban J connectivity index is 1.66. The maximum atomic E-state index is 12.6. The summed E-state index contributed by atoms with van der Waals surface area (Å²) in [6.07, 6.45) is 1.90. The summed E-state index contributed by atoms with van der Waals surface area (Å²) in [5.41, 5.74) is 1.79. The van der Waals surface area contributed by atoms with Gasteiger partial charge in [0.25, 0.3) is 0 Å². The molecule has 0 atom stereocenters. The lowest BCUT2D eigenvalue weighted by Gasteiger charge is -2.20. The summed E-state index contributed by atoms with van der Waals surface area (Å²) in [6, 6.07) is 11.3. The van der Waals surface area contributed by atoms with E-state index in [0.29, 0.717) is 18.1 Å². The fourth-order valence-electron chi connectivity index (χ4n) is 2.40. The van der Waals surface area contributed by atoms with Crippen LogP contribution in [0.25, 0.3) is 10.8 Å². The highest BCUT2D eigenvalue weighted by Gasteiger charge is 2.16. The first-order valence-electron chi connectivity index (χ1n) is 7.66. The molecule has 4 nitrogen and oxygen atoms in total. The maximum Gasteiger partial charge on any atom is 0.228 e. The molecule has 2 aromatic heterocycles. The third-order valence-electron chi connectivity index (χ3n) is 3.61. The van der Waals surface area contributed by atoms with Crippen molar-refractivity contribution in [1.29, 1.82) is 0 Å². The number of furan rings is 1. The normalized spacial score (nSPS) is 10.8. The number of aromatic nitrogens is 1. The number of amides is 1. The summed E-state index contributed by atoms with van der Waals surface area (Å²) in [5.74, 6) is 0.777. The van der Waals surface area contributed by atoms with Crippen LogP contribution in [0.1, 0.15) is 18.2 Å². The average Bonchev–Trinajstić information content (AvgIpc) is 3.23. The summed E-state index contributed by atoms with van der Waals surface area (Å²) in [6.45, 7) is 3.16. The zero-order valence-corrected chi connectivity index (χ0v) is 14.8. The van der Waals surface area contributed by atoms with E-state index in [1.807, 2.05) is 48.7 Å². The number of benzene rings is 1. The van der Waals surface area contributed by atoms with Gasteiger partial charge in [0, 0.05) is 23.5 Å². The second-order valence-corrected chi connectivity index (χ2v) is 6.63. The van der Waals surface area contributed by atoms with Gasteiger partial charge in [-0.25, -0.2) is 4.98 Å². The number of carbonyl (C=O) groups excluding carboxylic acids is 1. The van der Waals surface area contributed by atoms with E-state index in [-0.39, 0.29) is 12.3 Å². The van der Waals surface area contributed by atoms with Crippen LogP contribution in [0, 0.1) is 0 Å². The molecule has 3 aromatic rings. The Morgan fingerprint density at radius 2 is 2.21 bits per heavy atom. The van der Waals surface area contributed by atoms with Crippen LogP contribution in [0.2, 0.25) is 5.02 Å². The summed E-state index contributed by atoms with van der Waals surface area (Å²) in [5, 5.41) is 3.38. The summed E-state index contributed by atoms with van der Waals surface area (Å²) in [4.78, 5) is 18.9. The Kier molecular flexibility index (Phi) is 5.33. The van der Waals surface area contributed by atoms with Gasteiger partial charge in [0.05, 0.1) is 18.4 Å². The molecule has 0 N–H and O–H groups in total. The monoisotopic (exact) mass is 360 g/mol. The molecule has 0 aliphatic heterocycles. The standard InChI is InChI=1S/C18H17ClN2O2S/c1-2-21(11-13-5-3-6-14(19)9-13)17(22)10-15-12-24-18(20-15)16-7-4-8-23-16/h3-9,12H,2,10-11H2,1H3. The fraction of sp³-hybridized carbons (Fsp3) is 0.222. The molecule has 0 unspecified atom stereocenters. The molecule has 0 bridgehead atoms. The molecule has 0 radical (unpaired) electrons. The predicted octanol–water partition coefficient (Wildman–Crippen LogP) is 4.65. The molecular formula is C18H17ClN2O2S. The predicted molar refractivity (Wildman–Crippen MR) is 96.1 cm³/mol. The van der Waals surface area contributed by atoms with E-state index in [0.717, 1.165) is 22.0 Å². The van der Waals surface area contributed by atoms with Crippen LogP contribution in [0.4, 0.5) is 0 Å². The minimum Gasteiger partial charge on any atom is -0.462 e. The van der Waals surface area contributed by atoms with E-state index in [9.17, 15) is 4.79 Å². The van der Waals surface area contributed by atoms with Gasteiger partial charge in [-0.15, -0.1) is 11.3 Å². The van der Waals surface area contributed by atoms with Crippen LogP contribution >= 0.6 is 22.9 Å². The SMILES string of the molecule is CCN(Cc1cccc(Cl)c1)C(=O)Cc1csc(-c2ccco2)n1. The largest absolute Gasteiger partial charge is 0.462 e. The molecule has 3 rings (SSSR count). The van der Waals surface area contributed by atoms with Crippen LogP contribution in [-0.4, -0.2) is 22.3 Å². The van der Waals surface area contributed by atoms with Gasteiger partial charge in [-0.3, -0.25) is 4.79 Å². The molecule has 0 aliphatic rings. The molecule has 0 aliphatic carbocycles. The number of hydrogen-bond donors (Lipinski definition) is 0. The van der Waals surface area contributed by atoms with Crippen LogP contribution in [-0.2, 0) is 17.8 Å². The topological polar surface area (TPSA) is 46.3 Å². The van der Waals surface area contributed by atoms with Gasteiger partial charge in [-0.1, -0.05) is 23.7 Å². The first kappa shape index (κ1) is 16.7. The Morgan fingerprint density at radius 3 is 2.92 bits per heavy atom. The van der Waals surface area contributed by atoms with Crippen LogP contribution < -0.4 is 0 Å². The first-order valence-corrected chi connectivity index (χ1v) is 8.92. The molecular weight excluding hydrogens is 344 g/mol. The van der Waals surface area contributed by atoms with Gasteiger partial charge in [-0.2, -0.15) is 0 Å². The maximum absolute atomic E-state index is 12.6. The van der Waals surface area contributed by atoms with E-state index in [1.165, 1.54) is 11.3 Å². The summed E-state index contributed by atoms with van der Waals surface area (Å²) >= 11 is 7.49. The highest BCUT2D eigenvalue weighted by molar-refractivity contribution is 7.13. The van der Waals surface area contributed by atoms with Crippen molar-refractivity contribution in [2.24, 2.45) is 0 Å². The molecule has 0 spiro atoms. The lowest BCUT2D eigenvalue weighted by atomic mass is 10.2. The van der Waals surface area contributed by atoms with E-state index < -0.39 is 0 Å². The zero-order chi connectivity index (χ0) is 16.9. The third kappa shape index (κ3) is 4.04. The lowest BCUT2D eigenvalue weighted by molar-refractivity contribution is -0.130. The number of hydrogen-bond acceptors (Lipinski definition) is 4. The third-order valence-corrected chi connectivity index (χ3v) is 4.75. The number of carbonyl (C=O) groups is 1. The van der Waals surface area contributed by atoms with Gasteiger partial charge >= 0.3 is 0 Å². The lowest BCUT2D eigenvalue weighted by Crippen LogP contribution is -2.31. The quantitative estimate of drug-likeness (QED) is 0.643. The van der Waals surface area contributed by atoms with Crippen molar-refractivity contribution in [3.63, 3.8) is 0 Å². The molecule has 0 saturated carbocycles. The van der Waals surface area contributed by atoms with Gasteiger partial charge in [-0.05, 0) is 36.8 Å². The smallest absolute Gasteiger partial charge is 0.228 e. The average molecular weight is 361 g/mol. The fourth-order valence-corrected chi connectivity index (χ4v) is 3.40. The second-order valence-electron chi connectivity index (χ2n) is 5.34. The second kappa shape index (κ2) is 7.64. The van der Waals surface area contributed by atoms with Crippen molar-refractivity contribution in [3.05, 3.63) is 64.3 Å². The van der Waals surface area contributed by atoms with Gasteiger partial charge < -0.3 is 9.32 Å². The van der Waals surface area contributed by atoms with Crippen LogP contribution in [0.15, 0.2) is 52.5 Å². The molecule has 0 saturated heterocycles. The van der Waals surface area contributed by atoms with Crippen LogP contribution in [0.3, 0.4) is 0 Å². The molecule has 1 amide bonds. The summed E-state index contributed by atoms with van der Waals surface area (Å²) in [7, 11) is 0. The number of nitrogens with zero attached hydrogens (tertiary/aromatic N) is 2. The van der Waals surface area contributed by atoms with E-state index in [1.54, 1.807) is 11.2 Å². The number of thiazole rings is 1. The van der Waals surface area contributed by atoms with Crippen molar-refractivity contribution in [1.82, 2.24) is 9.88 Å². The Bertz CT molecular complexity index is 814. The molecule has 24 heavy (non-hydrogen) atoms. The van der Waals surface area contributed by atoms with Gasteiger partial charge in [0.15, 0.2) is 10.8 Å². The molecule has 2 heterocycles. The highest BCUT2D eigenvalue weighted by Crippen LogP contribution is 2.24. The molecule has 6 heteroatoms. The van der Waals surface area contributed by atoms with Crippen molar-refractivity contribution in [2.75, 3.05) is 6.54 Å². The van der Waals surface area contributed by atoms with Crippen molar-refractivity contribution in [3.8, 4) is 10.8 Å². The molecule has 124 valence electrons. The number of halogens is 1.